The number of nitrogens with zero attached hydrogens (tertiary/aromatic N) is 4. The second kappa shape index (κ2) is 17.1. The molecule has 0 spiro atoms. The molecule has 15 heteroatoms. The monoisotopic (exact) mass is 804 g/mol. The van der Waals surface area contributed by atoms with E-state index in [1.54, 1.807) is 18.0 Å². The molecule has 1 aliphatic carbocycles. The van der Waals surface area contributed by atoms with Gasteiger partial charge in [0.2, 0.25) is 11.8 Å². The zero-order valence-corrected chi connectivity index (χ0v) is 34.0. The Labute approximate surface area is 342 Å². The number of rotatable bonds is 11. The van der Waals surface area contributed by atoms with Gasteiger partial charge in [-0.15, -0.1) is 0 Å². The fourth-order valence-corrected chi connectivity index (χ4v) is 9.16. The number of methoxy groups -OCH3 is 3. The Balaban J connectivity index is 0.979. The Bertz CT molecular complexity index is 2350. The maximum Gasteiger partial charge on any atom is 0.407 e. The predicted octanol–water partition coefficient (Wildman–Crippen LogP) is 6.77. The van der Waals surface area contributed by atoms with Crippen LogP contribution in [0.3, 0.4) is 0 Å². The van der Waals surface area contributed by atoms with Crippen molar-refractivity contribution in [1.82, 2.24) is 40.4 Å². The van der Waals surface area contributed by atoms with Crippen molar-refractivity contribution in [3.63, 3.8) is 0 Å². The number of imidazole rings is 2. The minimum Gasteiger partial charge on any atom is -0.453 e. The average molecular weight is 805 g/mol. The number of amides is 4. The van der Waals surface area contributed by atoms with Crippen molar-refractivity contribution in [2.45, 2.75) is 88.6 Å². The van der Waals surface area contributed by atoms with Gasteiger partial charge < -0.3 is 44.6 Å². The first kappa shape index (κ1) is 39.8. The van der Waals surface area contributed by atoms with E-state index >= 15 is 0 Å². The second-order valence-corrected chi connectivity index (χ2v) is 15.9. The van der Waals surface area contributed by atoms with Crippen LogP contribution in [0.1, 0.15) is 82.0 Å². The van der Waals surface area contributed by atoms with Crippen molar-refractivity contribution in [2.24, 2.45) is 5.92 Å². The van der Waals surface area contributed by atoms with Gasteiger partial charge in [0.15, 0.2) is 0 Å². The van der Waals surface area contributed by atoms with Crippen molar-refractivity contribution in [3.05, 3.63) is 72.4 Å². The smallest absolute Gasteiger partial charge is 0.407 e. The van der Waals surface area contributed by atoms with Crippen LogP contribution in [0.15, 0.2) is 60.8 Å². The summed E-state index contributed by atoms with van der Waals surface area (Å²) in [4.78, 5) is 72.2. The first-order chi connectivity index (χ1) is 28.6. The van der Waals surface area contributed by atoms with E-state index in [2.05, 4.69) is 69.1 Å². The highest BCUT2D eigenvalue weighted by Gasteiger charge is 2.41. The van der Waals surface area contributed by atoms with Gasteiger partial charge in [-0.25, -0.2) is 19.6 Å². The van der Waals surface area contributed by atoms with Gasteiger partial charge in [-0.05, 0) is 97.5 Å². The number of H-pyrrole nitrogens is 2. The zero-order chi connectivity index (χ0) is 41.2. The zero-order valence-electron chi connectivity index (χ0n) is 34.0. The van der Waals surface area contributed by atoms with Gasteiger partial charge in [-0.1, -0.05) is 43.2 Å². The van der Waals surface area contributed by atoms with Gasteiger partial charge in [0.25, 0.3) is 0 Å². The Morgan fingerprint density at radius 3 is 2.02 bits per heavy atom. The van der Waals surface area contributed by atoms with Crippen LogP contribution in [0, 0.1) is 5.92 Å². The van der Waals surface area contributed by atoms with Gasteiger partial charge in [-0.2, -0.15) is 0 Å². The van der Waals surface area contributed by atoms with E-state index in [0.717, 1.165) is 101 Å². The number of aromatic nitrogens is 4. The molecule has 8 rings (SSSR count). The fraction of sp³-hybridized carbons (Fsp3) is 0.455. The molecule has 15 nitrogen and oxygen atoms in total. The lowest BCUT2D eigenvalue weighted by molar-refractivity contribution is -0.137. The van der Waals surface area contributed by atoms with E-state index in [-0.39, 0.29) is 29.8 Å². The topological polar surface area (TPSA) is 184 Å². The highest BCUT2D eigenvalue weighted by atomic mass is 16.5. The van der Waals surface area contributed by atoms with E-state index in [0.29, 0.717) is 18.9 Å². The summed E-state index contributed by atoms with van der Waals surface area (Å²) in [5.74, 6) is 1.24. The molecule has 5 aromatic rings. The third-order valence-corrected chi connectivity index (χ3v) is 12.4. The van der Waals surface area contributed by atoms with Crippen LogP contribution in [-0.2, 0) is 23.8 Å². The van der Waals surface area contributed by atoms with Crippen molar-refractivity contribution in [1.29, 1.82) is 0 Å². The second-order valence-electron chi connectivity index (χ2n) is 15.9. The summed E-state index contributed by atoms with van der Waals surface area (Å²) in [5.41, 5.74) is 5.65. The SMILES string of the molecule is COC(=O)N[C@H](C(=O)N1CCC[C@H]1c1nc2ccc(-c3ccc4cc(-c5cnc([C@@H]6CCCN6C(=O)[C@@H](NC(=O)OC)[C@@H](C)OC)[nH]5)ccc4c3)cc2[nH]1)C1CCCC1. The van der Waals surface area contributed by atoms with Gasteiger partial charge in [-0.3, -0.25) is 9.59 Å². The summed E-state index contributed by atoms with van der Waals surface area (Å²) >= 11 is 0. The standard InChI is InChI=1S/C44H52N8O7/c1-25(57-2)37(49-43(55)58-3)41(53)51-19-7-11-35(51)39-45-24-34(48-39)31-16-15-27-21-28(13-14-29(27)22-31)30-17-18-32-33(23-30)47-40(46-32)36-12-8-20-52(36)42(54)38(50-44(56)59-4)26-9-5-6-10-26/h13-18,21-26,35-38H,5-12,19-20H2,1-4H3,(H,45,48)(H,46,47)(H,49,55)(H,50,56)/t25-,35+,36+,37+,38+/m1/s1. The van der Waals surface area contributed by atoms with Crippen LogP contribution in [0.25, 0.3) is 44.2 Å². The molecule has 2 aliphatic heterocycles. The summed E-state index contributed by atoms with van der Waals surface area (Å²) in [7, 11) is 4.09. The average Bonchev–Trinajstić information content (AvgIpc) is 4.12. The van der Waals surface area contributed by atoms with Gasteiger partial charge >= 0.3 is 12.2 Å². The van der Waals surface area contributed by atoms with E-state index in [9.17, 15) is 19.2 Å². The highest BCUT2D eigenvalue weighted by molar-refractivity contribution is 5.92. The number of aromatic amines is 2. The van der Waals surface area contributed by atoms with Gasteiger partial charge in [0.05, 0.1) is 55.3 Å². The lowest BCUT2D eigenvalue weighted by Gasteiger charge is -2.31. The number of hydrogen-bond donors (Lipinski definition) is 4. The third kappa shape index (κ3) is 8.07. The molecule has 2 saturated heterocycles. The predicted molar refractivity (Wildman–Crippen MR) is 221 cm³/mol. The molecule has 4 heterocycles. The largest absolute Gasteiger partial charge is 0.453 e. The van der Waals surface area contributed by atoms with Crippen LogP contribution in [-0.4, -0.2) is 106 Å². The van der Waals surface area contributed by atoms with Crippen molar-refractivity contribution >= 4 is 45.8 Å². The van der Waals surface area contributed by atoms with Crippen molar-refractivity contribution in [3.8, 4) is 22.4 Å². The summed E-state index contributed by atoms with van der Waals surface area (Å²) < 4.78 is 15.1. The van der Waals surface area contributed by atoms with Crippen LogP contribution < -0.4 is 10.6 Å². The third-order valence-electron chi connectivity index (χ3n) is 12.4. The Kier molecular flexibility index (Phi) is 11.5. The molecule has 2 aromatic heterocycles. The van der Waals surface area contributed by atoms with Crippen LogP contribution in [0.4, 0.5) is 9.59 Å². The quantitative estimate of drug-likeness (QED) is 0.112. The number of fused-ring (bicyclic) bond motifs is 2. The van der Waals surface area contributed by atoms with Crippen LogP contribution in [0.5, 0.6) is 0 Å². The number of likely N-dealkylation sites (tertiary alicyclic amines) is 2. The molecule has 0 unspecified atom stereocenters. The first-order valence-electron chi connectivity index (χ1n) is 20.6. The normalized spacial score (nSPS) is 19.9. The van der Waals surface area contributed by atoms with Gasteiger partial charge in [0, 0.05) is 25.8 Å². The number of nitrogens with one attached hydrogen (secondary N) is 4. The number of alkyl carbamates (subject to hydrolysis) is 2. The number of ether oxygens (including phenoxy) is 3. The molecule has 4 N–H and O–H groups in total. The molecule has 59 heavy (non-hydrogen) atoms. The van der Waals surface area contributed by atoms with E-state index in [1.807, 2.05) is 11.0 Å². The molecule has 3 fully saturated rings. The fourth-order valence-electron chi connectivity index (χ4n) is 9.16. The summed E-state index contributed by atoms with van der Waals surface area (Å²) in [6.45, 7) is 2.90. The van der Waals surface area contributed by atoms with Crippen LogP contribution in [0.2, 0.25) is 0 Å². The lowest BCUT2D eigenvalue weighted by Crippen LogP contribution is -2.54. The molecule has 1 saturated carbocycles. The van der Waals surface area contributed by atoms with E-state index in [4.69, 9.17) is 24.2 Å². The summed E-state index contributed by atoms with van der Waals surface area (Å²) in [6.07, 6.45) is 7.12. The Morgan fingerprint density at radius 1 is 0.712 bits per heavy atom. The van der Waals surface area contributed by atoms with E-state index in [1.165, 1.54) is 21.3 Å². The number of benzene rings is 3. The highest BCUT2D eigenvalue weighted by Crippen LogP contribution is 2.37. The lowest BCUT2D eigenvalue weighted by atomic mass is 9.96. The van der Waals surface area contributed by atoms with Crippen LogP contribution >= 0.6 is 0 Å². The minimum absolute atomic E-state index is 0.0665. The first-order valence-corrected chi connectivity index (χ1v) is 20.6. The van der Waals surface area contributed by atoms with Crippen molar-refractivity contribution < 1.29 is 33.4 Å². The Hall–Kier alpha value is -5.96. The summed E-state index contributed by atoms with van der Waals surface area (Å²) in [6, 6.07) is 16.9. The summed E-state index contributed by atoms with van der Waals surface area (Å²) in [5, 5.41) is 7.63. The maximum absolute atomic E-state index is 14.0. The molecule has 3 aromatic carbocycles. The van der Waals surface area contributed by atoms with Crippen molar-refractivity contribution in [2.75, 3.05) is 34.4 Å². The molecular weight excluding hydrogens is 753 g/mol. The molecule has 0 bridgehead atoms. The Morgan fingerprint density at radius 2 is 1.32 bits per heavy atom. The number of hydrogen-bond acceptors (Lipinski definition) is 9. The molecule has 4 amide bonds. The molecule has 5 atom stereocenters. The molecule has 3 aliphatic rings. The minimum atomic E-state index is -0.898. The maximum atomic E-state index is 14.0. The molecular formula is C44H52N8O7. The van der Waals surface area contributed by atoms with Gasteiger partial charge in [0.1, 0.15) is 23.7 Å². The molecule has 0 radical (unpaired) electrons. The number of carbonyl (C=O) groups is 4. The molecule has 310 valence electrons. The van der Waals surface area contributed by atoms with E-state index < -0.39 is 30.4 Å². The number of carbonyl (C=O) groups excluding carboxylic acids is 4.